The minimum atomic E-state index is -1.08. The van der Waals surface area contributed by atoms with Gasteiger partial charge in [0.25, 0.3) is 5.91 Å². The summed E-state index contributed by atoms with van der Waals surface area (Å²) in [6, 6.07) is 6.73. The zero-order chi connectivity index (χ0) is 18.0. The smallest absolute Gasteiger partial charge is 0.341 e. The highest BCUT2D eigenvalue weighted by molar-refractivity contribution is 6.02. The molecular formula is C17H11F2NO5. The van der Waals surface area contributed by atoms with Crippen LogP contribution in [0.25, 0.3) is 0 Å². The fraction of sp³-hybridized carbons (Fsp3) is 0.118. The second-order valence-corrected chi connectivity index (χ2v) is 5.17. The van der Waals surface area contributed by atoms with Gasteiger partial charge in [0, 0.05) is 11.6 Å². The molecule has 0 atom stereocenters. The van der Waals surface area contributed by atoms with Gasteiger partial charge in [0.05, 0.1) is 11.3 Å². The van der Waals surface area contributed by atoms with Gasteiger partial charge in [0.1, 0.15) is 17.4 Å². The third-order valence-electron chi connectivity index (χ3n) is 3.42. The van der Waals surface area contributed by atoms with Crippen LogP contribution in [0.15, 0.2) is 36.4 Å². The highest BCUT2D eigenvalue weighted by Crippen LogP contribution is 2.28. The molecule has 0 fully saturated rings. The first kappa shape index (κ1) is 16.6. The zero-order valence-corrected chi connectivity index (χ0v) is 12.7. The molecule has 0 aliphatic carbocycles. The Kier molecular flexibility index (Phi) is 4.42. The lowest BCUT2D eigenvalue weighted by Crippen LogP contribution is -2.25. The largest absolute Gasteiger partial charge is 0.482 e. The van der Waals surface area contributed by atoms with Gasteiger partial charge in [-0.25, -0.2) is 13.6 Å². The summed E-state index contributed by atoms with van der Waals surface area (Å²) in [7, 11) is 0. The van der Waals surface area contributed by atoms with Crippen molar-refractivity contribution in [3.63, 3.8) is 0 Å². The minimum Gasteiger partial charge on any atom is -0.482 e. The van der Waals surface area contributed by atoms with Crippen molar-refractivity contribution in [2.45, 2.75) is 0 Å². The average Bonchev–Trinajstić information content (AvgIpc) is 2.58. The normalized spacial score (nSPS) is 12.6. The number of rotatable bonds is 4. The Hall–Kier alpha value is -3.29. The van der Waals surface area contributed by atoms with Gasteiger partial charge < -0.3 is 14.8 Å². The molecule has 0 aromatic heterocycles. The standard InChI is InChI=1S/C17H11F2NO5/c18-10-2-3-11(12(19)6-10)17(23)25-7-14(21)9-1-4-15-13(5-9)20-16(22)8-24-15/h1-6H,7-8H2,(H,20,22). The van der Waals surface area contributed by atoms with Crippen LogP contribution in [-0.2, 0) is 9.53 Å². The first-order chi connectivity index (χ1) is 11.9. The van der Waals surface area contributed by atoms with Gasteiger partial charge in [-0.1, -0.05) is 0 Å². The van der Waals surface area contributed by atoms with Crippen LogP contribution in [-0.4, -0.2) is 30.9 Å². The number of carbonyl (C=O) groups is 3. The zero-order valence-electron chi connectivity index (χ0n) is 12.7. The highest BCUT2D eigenvalue weighted by atomic mass is 19.1. The van der Waals surface area contributed by atoms with E-state index in [1.54, 1.807) is 0 Å². The van der Waals surface area contributed by atoms with Gasteiger partial charge in [-0.3, -0.25) is 9.59 Å². The number of benzene rings is 2. The molecule has 25 heavy (non-hydrogen) atoms. The van der Waals surface area contributed by atoms with Crippen LogP contribution < -0.4 is 10.1 Å². The molecule has 1 aliphatic heterocycles. The molecule has 8 heteroatoms. The van der Waals surface area contributed by atoms with Crippen molar-refractivity contribution in [1.82, 2.24) is 0 Å². The van der Waals surface area contributed by atoms with Crippen molar-refractivity contribution < 1.29 is 32.6 Å². The Morgan fingerprint density at radius 2 is 1.96 bits per heavy atom. The minimum absolute atomic E-state index is 0.110. The first-order valence-electron chi connectivity index (χ1n) is 7.16. The third kappa shape index (κ3) is 3.63. The molecule has 2 aromatic rings. The van der Waals surface area contributed by atoms with E-state index in [1.165, 1.54) is 18.2 Å². The lowest BCUT2D eigenvalue weighted by atomic mass is 10.1. The van der Waals surface area contributed by atoms with Crippen LogP contribution >= 0.6 is 0 Å². The Morgan fingerprint density at radius 1 is 1.16 bits per heavy atom. The molecule has 1 heterocycles. The molecule has 2 aromatic carbocycles. The van der Waals surface area contributed by atoms with Crippen LogP contribution in [0.5, 0.6) is 5.75 Å². The van der Waals surface area contributed by atoms with E-state index in [0.717, 1.165) is 12.1 Å². The van der Waals surface area contributed by atoms with E-state index in [2.05, 4.69) is 5.32 Å². The monoisotopic (exact) mass is 347 g/mol. The van der Waals surface area contributed by atoms with Crippen LogP contribution in [0.1, 0.15) is 20.7 Å². The first-order valence-corrected chi connectivity index (χ1v) is 7.16. The van der Waals surface area contributed by atoms with Crippen molar-refractivity contribution in [3.05, 3.63) is 59.2 Å². The molecule has 0 radical (unpaired) electrons. The van der Waals surface area contributed by atoms with Gasteiger partial charge in [-0.15, -0.1) is 0 Å². The van der Waals surface area contributed by atoms with Gasteiger partial charge in [-0.05, 0) is 30.3 Å². The number of amides is 1. The maximum Gasteiger partial charge on any atom is 0.341 e. The summed E-state index contributed by atoms with van der Waals surface area (Å²) in [5.74, 6) is -3.48. The average molecular weight is 347 g/mol. The number of ether oxygens (including phenoxy) is 2. The number of nitrogens with one attached hydrogen (secondary N) is 1. The summed E-state index contributed by atoms with van der Waals surface area (Å²) in [6.45, 7) is -0.746. The molecule has 1 aliphatic rings. The summed E-state index contributed by atoms with van der Waals surface area (Å²) in [6.07, 6.45) is 0. The van der Waals surface area contributed by atoms with E-state index in [1.807, 2.05) is 0 Å². The van der Waals surface area contributed by atoms with E-state index in [4.69, 9.17) is 9.47 Å². The molecule has 0 saturated carbocycles. The predicted octanol–water partition coefficient (Wildman–Crippen LogP) is 2.34. The topological polar surface area (TPSA) is 81.7 Å². The van der Waals surface area contributed by atoms with E-state index in [0.29, 0.717) is 17.5 Å². The lowest BCUT2D eigenvalue weighted by molar-refractivity contribution is -0.118. The van der Waals surface area contributed by atoms with E-state index in [-0.39, 0.29) is 18.1 Å². The van der Waals surface area contributed by atoms with Crippen LogP contribution in [0.4, 0.5) is 14.5 Å². The number of hydrogen-bond donors (Lipinski definition) is 1. The summed E-state index contributed by atoms with van der Waals surface area (Å²) < 4.78 is 36.2. The molecule has 6 nitrogen and oxygen atoms in total. The number of carbonyl (C=O) groups excluding carboxylic acids is 3. The maximum absolute atomic E-state index is 13.5. The van der Waals surface area contributed by atoms with Crippen molar-refractivity contribution in [2.75, 3.05) is 18.5 Å². The number of ketones is 1. The quantitative estimate of drug-likeness (QED) is 0.678. The molecule has 0 spiro atoms. The summed E-state index contributed by atoms with van der Waals surface area (Å²) >= 11 is 0. The van der Waals surface area contributed by atoms with Gasteiger partial charge >= 0.3 is 5.97 Å². The summed E-state index contributed by atoms with van der Waals surface area (Å²) in [5, 5.41) is 2.55. The predicted molar refractivity (Wildman–Crippen MR) is 81.5 cm³/mol. The fourth-order valence-corrected chi connectivity index (χ4v) is 2.20. The molecular weight excluding hydrogens is 336 g/mol. The second kappa shape index (κ2) is 6.68. The number of Topliss-reactive ketones (excluding diaryl/α,β-unsaturated/α-hetero) is 1. The van der Waals surface area contributed by atoms with Gasteiger partial charge in [0.2, 0.25) is 0 Å². The Bertz CT molecular complexity index is 881. The van der Waals surface area contributed by atoms with Crippen LogP contribution in [0, 0.1) is 11.6 Å². The third-order valence-corrected chi connectivity index (χ3v) is 3.42. The Labute approximate surface area is 140 Å². The summed E-state index contributed by atoms with van der Waals surface area (Å²) in [5.41, 5.74) is 0.0373. The molecule has 3 rings (SSSR count). The van der Waals surface area contributed by atoms with E-state index >= 15 is 0 Å². The van der Waals surface area contributed by atoms with Crippen molar-refractivity contribution in [2.24, 2.45) is 0 Å². The van der Waals surface area contributed by atoms with E-state index < -0.39 is 35.6 Å². The summed E-state index contributed by atoms with van der Waals surface area (Å²) in [4.78, 5) is 35.2. The number of fused-ring (bicyclic) bond motifs is 1. The maximum atomic E-state index is 13.5. The number of anilines is 1. The molecule has 0 unspecified atom stereocenters. The van der Waals surface area contributed by atoms with Crippen LogP contribution in [0.2, 0.25) is 0 Å². The van der Waals surface area contributed by atoms with Gasteiger partial charge in [-0.2, -0.15) is 0 Å². The number of halogens is 2. The van der Waals surface area contributed by atoms with Gasteiger partial charge in [0.15, 0.2) is 19.0 Å². The lowest BCUT2D eigenvalue weighted by Gasteiger charge is -2.18. The Morgan fingerprint density at radius 3 is 2.72 bits per heavy atom. The SMILES string of the molecule is O=C1COc2ccc(C(=O)COC(=O)c3ccc(F)cc3F)cc2N1. The van der Waals surface area contributed by atoms with Crippen molar-refractivity contribution in [3.8, 4) is 5.75 Å². The number of hydrogen-bond acceptors (Lipinski definition) is 5. The fourth-order valence-electron chi connectivity index (χ4n) is 2.20. The molecule has 1 N–H and O–H groups in total. The van der Waals surface area contributed by atoms with Crippen molar-refractivity contribution >= 4 is 23.3 Å². The molecule has 1 amide bonds. The molecule has 128 valence electrons. The Balaban J connectivity index is 1.67. The second-order valence-electron chi connectivity index (χ2n) is 5.17. The number of esters is 1. The van der Waals surface area contributed by atoms with Crippen LogP contribution in [0.3, 0.4) is 0 Å². The van der Waals surface area contributed by atoms with Crippen molar-refractivity contribution in [1.29, 1.82) is 0 Å². The molecule has 0 saturated heterocycles. The highest BCUT2D eigenvalue weighted by Gasteiger charge is 2.19. The van der Waals surface area contributed by atoms with E-state index in [9.17, 15) is 23.2 Å². The molecule has 0 bridgehead atoms.